The first kappa shape index (κ1) is 31.0. The van der Waals surface area contributed by atoms with Crippen molar-refractivity contribution in [3.63, 3.8) is 0 Å². The summed E-state index contributed by atoms with van der Waals surface area (Å²) in [5, 5.41) is 5.49. The minimum absolute atomic E-state index is 0.119. The van der Waals surface area contributed by atoms with E-state index in [9.17, 15) is 35.9 Å². The number of anilines is 1. The van der Waals surface area contributed by atoms with Crippen LogP contribution in [0.3, 0.4) is 0 Å². The van der Waals surface area contributed by atoms with Crippen LogP contribution in [0.2, 0.25) is 0 Å². The molecular formula is C28H28F6N6O2. The van der Waals surface area contributed by atoms with E-state index in [1.807, 2.05) is 0 Å². The number of amides is 1. The number of hydrogen-bond acceptors (Lipinski definition) is 7. The minimum atomic E-state index is -4.56. The fourth-order valence-corrected chi connectivity index (χ4v) is 4.50. The topological polar surface area (TPSA) is 100 Å². The van der Waals surface area contributed by atoms with Crippen LogP contribution in [0, 0.1) is 0 Å². The number of aldehydes is 1. The Bertz CT molecular complexity index is 1360. The summed E-state index contributed by atoms with van der Waals surface area (Å²) >= 11 is 0. The number of hydrogen-bond donors (Lipinski definition) is 2. The van der Waals surface area contributed by atoms with Gasteiger partial charge in [0.25, 0.3) is 5.91 Å². The summed E-state index contributed by atoms with van der Waals surface area (Å²) in [5.41, 5.74) is -0.389. The van der Waals surface area contributed by atoms with Gasteiger partial charge in [-0.2, -0.15) is 26.3 Å². The van der Waals surface area contributed by atoms with Crippen molar-refractivity contribution in [2.45, 2.75) is 50.6 Å². The fourth-order valence-electron chi connectivity index (χ4n) is 4.50. The monoisotopic (exact) mass is 594 g/mol. The number of aromatic nitrogens is 3. The summed E-state index contributed by atoms with van der Waals surface area (Å²) in [7, 11) is 0. The normalized spacial score (nSPS) is 15.3. The highest BCUT2D eigenvalue weighted by molar-refractivity contribution is 6.01. The number of likely N-dealkylation sites (tertiary alicyclic amines) is 1. The third-order valence-electron chi connectivity index (χ3n) is 6.80. The molecule has 224 valence electrons. The van der Waals surface area contributed by atoms with E-state index < -0.39 is 35.4 Å². The summed E-state index contributed by atoms with van der Waals surface area (Å²) in [6.07, 6.45) is -2.79. The average molecular weight is 595 g/mol. The van der Waals surface area contributed by atoms with Crippen molar-refractivity contribution in [3.8, 4) is 0 Å². The maximum atomic E-state index is 13.3. The quantitative estimate of drug-likeness (QED) is 0.245. The van der Waals surface area contributed by atoms with Gasteiger partial charge in [-0.05, 0) is 61.8 Å². The van der Waals surface area contributed by atoms with Gasteiger partial charge in [0.05, 0.1) is 17.2 Å². The first-order valence-corrected chi connectivity index (χ1v) is 13.2. The molecule has 8 nitrogen and oxygen atoms in total. The molecule has 1 amide bonds. The van der Waals surface area contributed by atoms with Gasteiger partial charge >= 0.3 is 12.4 Å². The molecule has 1 aliphatic rings. The molecule has 2 N–H and O–H groups in total. The van der Waals surface area contributed by atoms with Gasteiger partial charge in [0.2, 0.25) is 5.82 Å². The van der Waals surface area contributed by atoms with Gasteiger partial charge < -0.3 is 15.4 Å². The van der Waals surface area contributed by atoms with Gasteiger partial charge in [-0.15, -0.1) is 0 Å². The van der Waals surface area contributed by atoms with Crippen molar-refractivity contribution >= 4 is 17.9 Å². The highest BCUT2D eigenvalue weighted by Gasteiger charge is 2.33. The fraction of sp³-hybridized carbons (Fsp3) is 0.393. The Morgan fingerprint density at radius 3 is 2.19 bits per heavy atom. The van der Waals surface area contributed by atoms with Gasteiger partial charge in [0.1, 0.15) is 12.0 Å². The molecule has 42 heavy (non-hydrogen) atoms. The van der Waals surface area contributed by atoms with E-state index in [0.29, 0.717) is 29.7 Å². The molecule has 1 atom stereocenters. The van der Waals surface area contributed by atoms with Gasteiger partial charge in [-0.1, -0.05) is 12.5 Å². The minimum Gasteiger partial charge on any atom is -0.319 e. The molecule has 0 aliphatic carbocycles. The lowest BCUT2D eigenvalue weighted by atomic mass is 10.0. The molecule has 1 saturated heterocycles. The molecule has 1 fully saturated rings. The van der Waals surface area contributed by atoms with E-state index in [4.69, 9.17) is 0 Å². The van der Waals surface area contributed by atoms with E-state index >= 15 is 0 Å². The predicted octanol–water partition coefficient (Wildman–Crippen LogP) is 5.22. The molecule has 0 bridgehead atoms. The van der Waals surface area contributed by atoms with Crippen LogP contribution in [-0.4, -0.2) is 51.7 Å². The van der Waals surface area contributed by atoms with Crippen LogP contribution in [0.15, 0.2) is 48.8 Å². The van der Waals surface area contributed by atoms with E-state index in [1.165, 1.54) is 18.5 Å². The molecule has 0 spiro atoms. The second-order valence-corrected chi connectivity index (χ2v) is 9.88. The zero-order chi connectivity index (χ0) is 30.3. The average Bonchev–Trinajstić information content (AvgIpc) is 2.96. The van der Waals surface area contributed by atoms with E-state index in [2.05, 4.69) is 30.5 Å². The van der Waals surface area contributed by atoms with Crippen molar-refractivity contribution in [1.29, 1.82) is 0 Å². The van der Waals surface area contributed by atoms with Crippen molar-refractivity contribution in [2.24, 2.45) is 0 Å². The van der Waals surface area contributed by atoms with Gasteiger partial charge in [-0.25, -0.2) is 15.0 Å². The third kappa shape index (κ3) is 8.32. The summed E-state index contributed by atoms with van der Waals surface area (Å²) in [5.74, 6) is -1.72. The Labute approximate surface area is 237 Å². The largest absolute Gasteiger partial charge is 0.433 e. The molecule has 4 rings (SSSR count). The molecule has 3 heterocycles. The molecular weight excluding hydrogens is 566 g/mol. The lowest BCUT2D eigenvalue weighted by molar-refractivity contribution is -0.141. The Balaban J connectivity index is 1.37. The zero-order valence-corrected chi connectivity index (χ0v) is 22.3. The van der Waals surface area contributed by atoms with Crippen molar-refractivity contribution in [1.82, 2.24) is 25.2 Å². The predicted molar refractivity (Wildman–Crippen MR) is 140 cm³/mol. The molecule has 3 aromatic rings. The van der Waals surface area contributed by atoms with Gasteiger partial charge in [-0.3, -0.25) is 9.69 Å². The maximum absolute atomic E-state index is 13.3. The highest BCUT2D eigenvalue weighted by atomic mass is 19.4. The SMILES string of the molecule is O=CC(CNCc1ccc(C(F)(F)F)nc1CN1CCCCC1)c1cnc(C(=O)Nc2ccc(C(F)(F)F)cc2)nc1. The number of benzene rings is 1. The number of carbonyl (C=O) groups excluding carboxylic acids is 2. The van der Waals surface area contributed by atoms with Crippen molar-refractivity contribution < 1.29 is 35.9 Å². The second kappa shape index (κ2) is 13.4. The number of carbonyl (C=O) groups is 2. The Hall–Kier alpha value is -3.91. The van der Waals surface area contributed by atoms with Gasteiger partial charge in [0.15, 0.2) is 0 Å². The van der Waals surface area contributed by atoms with Crippen LogP contribution in [0.5, 0.6) is 0 Å². The number of nitrogens with zero attached hydrogens (tertiary/aromatic N) is 4. The van der Waals surface area contributed by atoms with Crippen molar-refractivity contribution in [2.75, 3.05) is 25.0 Å². The number of rotatable bonds is 10. The smallest absolute Gasteiger partial charge is 0.319 e. The van der Waals surface area contributed by atoms with E-state index in [0.717, 1.165) is 62.7 Å². The zero-order valence-electron chi connectivity index (χ0n) is 22.3. The van der Waals surface area contributed by atoms with Crippen LogP contribution in [0.1, 0.15) is 63.9 Å². The number of halogens is 6. The Morgan fingerprint density at radius 2 is 1.60 bits per heavy atom. The number of piperidine rings is 1. The molecule has 1 aliphatic heterocycles. The van der Waals surface area contributed by atoms with Crippen LogP contribution in [-0.2, 0) is 30.2 Å². The van der Waals surface area contributed by atoms with Crippen LogP contribution in [0.4, 0.5) is 32.0 Å². The van der Waals surface area contributed by atoms with Crippen LogP contribution < -0.4 is 10.6 Å². The molecule has 0 saturated carbocycles. The lowest BCUT2D eigenvalue weighted by Crippen LogP contribution is -2.31. The molecule has 2 aromatic heterocycles. The Kier molecular flexibility index (Phi) is 9.89. The summed E-state index contributed by atoms with van der Waals surface area (Å²) in [4.78, 5) is 38.1. The van der Waals surface area contributed by atoms with Crippen LogP contribution >= 0.6 is 0 Å². The third-order valence-corrected chi connectivity index (χ3v) is 6.80. The number of nitrogens with one attached hydrogen (secondary N) is 2. The highest BCUT2D eigenvalue weighted by Crippen LogP contribution is 2.30. The Morgan fingerprint density at radius 1 is 0.929 bits per heavy atom. The number of pyridine rings is 1. The first-order chi connectivity index (χ1) is 19.9. The summed E-state index contributed by atoms with van der Waals surface area (Å²) in [6, 6.07) is 6.21. The van der Waals surface area contributed by atoms with E-state index in [1.54, 1.807) is 0 Å². The molecule has 14 heteroatoms. The number of alkyl halides is 6. The molecule has 1 aromatic carbocycles. The van der Waals surface area contributed by atoms with Gasteiger partial charge in [0, 0.05) is 43.3 Å². The second-order valence-electron chi connectivity index (χ2n) is 9.88. The van der Waals surface area contributed by atoms with Crippen molar-refractivity contribution in [3.05, 3.63) is 82.7 Å². The molecule has 0 radical (unpaired) electrons. The first-order valence-electron chi connectivity index (χ1n) is 13.2. The standard InChI is InChI=1S/C28H28F6N6O2/c29-27(30,31)21-5-7-22(8-6-21)38-26(42)25-36-14-19(15-37-25)20(17-41)13-35-12-18-4-9-24(28(32,33)34)39-23(18)16-40-10-2-1-3-11-40/h4-9,14-15,17,20,35H,1-3,10-13,16H2,(H,38,42). The summed E-state index contributed by atoms with van der Waals surface area (Å²) < 4.78 is 78.1. The molecule has 1 unspecified atom stereocenters. The summed E-state index contributed by atoms with van der Waals surface area (Å²) in [6.45, 7) is 2.16. The van der Waals surface area contributed by atoms with E-state index in [-0.39, 0.29) is 24.6 Å². The lowest BCUT2D eigenvalue weighted by Gasteiger charge is -2.27. The van der Waals surface area contributed by atoms with Crippen LogP contribution in [0.25, 0.3) is 0 Å². The maximum Gasteiger partial charge on any atom is 0.433 e.